The lowest BCUT2D eigenvalue weighted by Gasteiger charge is -2.33. The second kappa shape index (κ2) is 5.67. The van der Waals surface area contributed by atoms with E-state index in [1.165, 1.54) is 16.5 Å². The molecule has 1 N–H and O–H groups in total. The third-order valence-electron chi connectivity index (χ3n) is 4.20. The summed E-state index contributed by atoms with van der Waals surface area (Å²) in [4.78, 5) is 17.2. The normalized spacial score (nSPS) is 17.0. The predicted molar refractivity (Wildman–Crippen MR) is 88.1 cm³/mol. The van der Waals surface area contributed by atoms with Crippen LogP contribution in [0.4, 0.5) is 4.79 Å². The van der Waals surface area contributed by atoms with Crippen LogP contribution in [0, 0.1) is 0 Å². The highest BCUT2D eigenvalue weighted by Gasteiger charge is 2.27. The van der Waals surface area contributed by atoms with Crippen molar-refractivity contribution in [3.05, 3.63) is 36.0 Å². The smallest absolute Gasteiger partial charge is 0.410 e. The molecule has 22 heavy (non-hydrogen) atoms. The van der Waals surface area contributed by atoms with Crippen molar-refractivity contribution in [1.29, 1.82) is 0 Å². The van der Waals surface area contributed by atoms with Crippen LogP contribution in [0.3, 0.4) is 0 Å². The van der Waals surface area contributed by atoms with Crippen molar-refractivity contribution in [2.24, 2.45) is 0 Å². The summed E-state index contributed by atoms with van der Waals surface area (Å²) in [6.45, 7) is 7.25. The van der Waals surface area contributed by atoms with Crippen LogP contribution in [-0.2, 0) is 4.74 Å². The molecule has 1 aromatic carbocycles. The number of nitrogens with one attached hydrogen (secondary N) is 1. The Kier molecular flexibility index (Phi) is 3.85. The lowest BCUT2D eigenvalue weighted by molar-refractivity contribution is 0.0205. The second-order valence-corrected chi connectivity index (χ2v) is 7.07. The van der Waals surface area contributed by atoms with Crippen LogP contribution in [0.25, 0.3) is 10.9 Å². The number of H-pyrrole nitrogens is 1. The van der Waals surface area contributed by atoms with Crippen molar-refractivity contribution in [3.8, 4) is 0 Å². The zero-order valence-corrected chi connectivity index (χ0v) is 13.6. The summed E-state index contributed by atoms with van der Waals surface area (Å²) in [5.41, 5.74) is 2.12. The number of ether oxygens (including phenoxy) is 1. The van der Waals surface area contributed by atoms with Gasteiger partial charge in [-0.25, -0.2) is 4.79 Å². The van der Waals surface area contributed by atoms with E-state index in [0.717, 1.165) is 25.9 Å². The van der Waals surface area contributed by atoms with E-state index in [9.17, 15) is 4.79 Å². The van der Waals surface area contributed by atoms with Gasteiger partial charge in [0.1, 0.15) is 5.60 Å². The highest BCUT2D eigenvalue weighted by molar-refractivity contribution is 5.80. The Labute approximate surface area is 131 Å². The fraction of sp³-hybridized carbons (Fsp3) is 0.500. The van der Waals surface area contributed by atoms with E-state index in [-0.39, 0.29) is 6.09 Å². The molecular weight excluding hydrogens is 276 g/mol. The largest absolute Gasteiger partial charge is 0.444 e. The molecule has 0 spiro atoms. The van der Waals surface area contributed by atoms with Gasteiger partial charge in [-0.2, -0.15) is 0 Å². The average molecular weight is 300 g/mol. The molecule has 1 aromatic heterocycles. The Morgan fingerprint density at radius 2 is 1.95 bits per heavy atom. The van der Waals surface area contributed by atoms with Crippen LogP contribution in [0.1, 0.15) is 45.1 Å². The molecule has 0 aliphatic carbocycles. The average Bonchev–Trinajstić information content (AvgIpc) is 2.93. The standard InChI is InChI=1S/C18H24N2O2/c1-18(2,3)22-17(21)20-10-7-13(8-11-20)15-5-4-14-6-9-19-16(14)12-15/h4-6,9,12-13,19H,7-8,10-11H2,1-3H3. The van der Waals surface area contributed by atoms with E-state index in [4.69, 9.17) is 4.74 Å². The molecule has 0 radical (unpaired) electrons. The van der Waals surface area contributed by atoms with Gasteiger partial charge >= 0.3 is 6.09 Å². The van der Waals surface area contributed by atoms with E-state index < -0.39 is 5.60 Å². The summed E-state index contributed by atoms with van der Waals surface area (Å²) in [5.74, 6) is 0.520. The summed E-state index contributed by atoms with van der Waals surface area (Å²) < 4.78 is 5.45. The van der Waals surface area contributed by atoms with Crippen LogP contribution >= 0.6 is 0 Å². The summed E-state index contributed by atoms with van der Waals surface area (Å²) in [6, 6.07) is 8.71. The zero-order valence-electron chi connectivity index (χ0n) is 13.6. The van der Waals surface area contributed by atoms with Crippen molar-refractivity contribution < 1.29 is 9.53 Å². The van der Waals surface area contributed by atoms with Gasteiger partial charge in [0, 0.05) is 24.8 Å². The Bertz CT molecular complexity index is 661. The van der Waals surface area contributed by atoms with Crippen molar-refractivity contribution >= 4 is 17.0 Å². The molecule has 1 fully saturated rings. The molecule has 2 aromatic rings. The number of piperidine rings is 1. The summed E-state index contributed by atoms with van der Waals surface area (Å²) >= 11 is 0. The molecule has 0 atom stereocenters. The molecule has 3 rings (SSSR count). The molecule has 4 heteroatoms. The third kappa shape index (κ3) is 3.26. The summed E-state index contributed by atoms with van der Waals surface area (Å²) in [6.07, 6.45) is 3.77. The molecule has 1 amide bonds. The number of amides is 1. The molecule has 118 valence electrons. The molecule has 1 aliphatic heterocycles. The molecule has 2 heterocycles. The number of rotatable bonds is 1. The van der Waals surface area contributed by atoms with Crippen LogP contribution in [0.15, 0.2) is 30.5 Å². The number of carbonyl (C=O) groups is 1. The minimum absolute atomic E-state index is 0.189. The van der Waals surface area contributed by atoms with Crippen LogP contribution in [-0.4, -0.2) is 34.7 Å². The maximum Gasteiger partial charge on any atom is 0.410 e. The van der Waals surface area contributed by atoms with Gasteiger partial charge in [-0.1, -0.05) is 12.1 Å². The molecule has 1 saturated heterocycles. The molecule has 0 bridgehead atoms. The topological polar surface area (TPSA) is 45.3 Å². The van der Waals surface area contributed by atoms with E-state index >= 15 is 0 Å². The molecule has 0 unspecified atom stereocenters. The number of aromatic nitrogens is 1. The number of fused-ring (bicyclic) bond motifs is 1. The molecule has 4 nitrogen and oxygen atoms in total. The number of likely N-dealkylation sites (tertiary alicyclic amines) is 1. The Hall–Kier alpha value is -1.97. The first kappa shape index (κ1) is 14.9. The lowest BCUT2D eigenvalue weighted by atomic mass is 9.89. The molecule has 1 aliphatic rings. The first-order valence-electron chi connectivity index (χ1n) is 7.97. The van der Waals surface area contributed by atoms with Crippen molar-refractivity contribution in [3.63, 3.8) is 0 Å². The number of hydrogen-bond donors (Lipinski definition) is 1. The molecular formula is C18H24N2O2. The van der Waals surface area contributed by atoms with Gasteiger partial charge in [0.2, 0.25) is 0 Å². The first-order chi connectivity index (χ1) is 10.4. The van der Waals surface area contributed by atoms with Crippen molar-refractivity contribution in [2.45, 2.75) is 45.1 Å². The lowest BCUT2D eigenvalue weighted by Crippen LogP contribution is -2.41. The fourth-order valence-electron chi connectivity index (χ4n) is 3.04. The number of benzene rings is 1. The van der Waals surface area contributed by atoms with E-state index in [1.54, 1.807) is 0 Å². The van der Waals surface area contributed by atoms with Gasteiger partial charge in [0.25, 0.3) is 0 Å². The minimum atomic E-state index is -0.424. The monoisotopic (exact) mass is 300 g/mol. The Morgan fingerprint density at radius 1 is 1.23 bits per heavy atom. The first-order valence-corrected chi connectivity index (χ1v) is 7.97. The van der Waals surface area contributed by atoms with Crippen LogP contribution in [0.5, 0.6) is 0 Å². The van der Waals surface area contributed by atoms with E-state index in [1.807, 2.05) is 31.9 Å². The highest BCUT2D eigenvalue weighted by atomic mass is 16.6. The SMILES string of the molecule is CC(C)(C)OC(=O)N1CCC(c2ccc3cc[nH]c3c2)CC1. The van der Waals surface area contributed by atoms with Gasteiger partial charge in [-0.3, -0.25) is 0 Å². The van der Waals surface area contributed by atoms with Gasteiger partial charge < -0.3 is 14.6 Å². The third-order valence-corrected chi connectivity index (χ3v) is 4.20. The van der Waals surface area contributed by atoms with Gasteiger partial charge in [0.05, 0.1) is 0 Å². The zero-order chi connectivity index (χ0) is 15.7. The number of carbonyl (C=O) groups excluding carboxylic acids is 1. The summed E-state index contributed by atoms with van der Waals surface area (Å²) in [5, 5.41) is 1.25. The predicted octanol–water partition coefficient (Wildman–Crippen LogP) is 4.28. The maximum atomic E-state index is 12.1. The van der Waals surface area contributed by atoms with Crippen molar-refractivity contribution in [1.82, 2.24) is 9.88 Å². The molecule has 0 saturated carbocycles. The van der Waals surface area contributed by atoms with E-state index in [0.29, 0.717) is 5.92 Å². The number of nitrogens with zero attached hydrogens (tertiary/aromatic N) is 1. The highest BCUT2D eigenvalue weighted by Crippen LogP contribution is 2.30. The van der Waals surface area contributed by atoms with Gasteiger partial charge in [-0.05, 0) is 62.6 Å². The van der Waals surface area contributed by atoms with E-state index in [2.05, 4.69) is 29.2 Å². The second-order valence-electron chi connectivity index (χ2n) is 7.07. The van der Waals surface area contributed by atoms with Gasteiger partial charge in [0.15, 0.2) is 0 Å². The van der Waals surface area contributed by atoms with Crippen LogP contribution in [0.2, 0.25) is 0 Å². The minimum Gasteiger partial charge on any atom is -0.444 e. The Morgan fingerprint density at radius 3 is 2.64 bits per heavy atom. The maximum absolute atomic E-state index is 12.1. The van der Waals surface area contributed by atoms with Gasteiger partial charge in [-0.15, -0.1) is 0 Å². The van der Waals surface area contributed by atoms with Crippen LogP contribution < -0.4 is 0 Å². The fourth-order valence-corrected chi connectivity index (χ4v) is 3.04. The van der Waals surface area contributed by atoms with Crippen molar-refractivity contribution in [2.75, 3.05) is 13.1 Å². The quantitative estimate of drug-likeness (QED) is 0.854. The number of aromatic amines is 1. The number of hydrogen-bond acceptors (Lipinski definition) is 2. The summed E-state index contributed by atoms with van der Waals surface area (Å²) in [7, 11) is 0. The Balaban J connectivity index is 1.62.